The highest BCUT2D eigenvalue weighted by atomic mass is 127. The van der Waals surface area contributed by atoms with Crippen LogP contribution in [0, 0.1) is 0 Å². The summed E-state index contributed by atoms with van der Waals surface area (Å²) in [6.07, 6.45) is 5.02. The molecule has 2 aromatic rings. The fourth-order valence-electron chi connectivity index (χ4n) is 3.53. The number of halogens is 1. The topological polar surface area (TPSA) is 85.2 Å². The molecule has 0 spiro atoms. The maximum absolute atomic E-state index is 6.13. The van der Waals surface area contributed by atoms with Gasteiger partial charge in [-0.05, 0) is 50.2 Å². The summed E-state index contributed by atoms with van der Waals surface area (Å²) in [5.41, 5.74) is 6.96. The number of anilines is 1. The number of furan rings is 1. The summed E-state index contributed by atoms with van der Waals surface area (Å²) in [5.74, 6) is 2.81. The van der Waals surface area contributed by atoms with Crippen molar-refractivity contribution in [3.63, 3.8) is 0 Å². The van der Waals surface area contributed by atoms with Gasteiger partial charge >= 0.3 is 0 Å². The number of hydrogen-bond donors (Lipinski definition) is 2. The van der Waals surface area contributed by atoms with Crippen molar-refractivity contribution < 1.29 is 13.9 Å². The lowest BCUT2D eigenvalue weighted by Gasteiger charge is -2.24. The first-order valence-electron chi connectivity index (χ1n) is 9.53. The molecule has 0 amide bonds. The lowest BCUT2D eigenvalue weighted by molar-refractivity contribution is 0.221. The first kappa shape index (κ1) is 20.8. The van der Waals surface area contributed by atoms with Crippen LogP contribution < -0.4 is 20.5 Å². The zero-order valence-electron chi connectivity index (χ0n) is 15.8. The van der Waals surface area contributed by atoms with Gasteiger partial charge in [0.15, 0.2) is 17.5 Å². The van der Waals surface area contributed by atoms with E-state index in [0.717, 1.165) is 42.5 Å². The van der Waals surface area contributed by atoms with E-state index in [1.165, 1.54) is 12.8 Å². The number of benzene rings is 1. The van der Waals surface area contributed by atoms with Gasteiger partial charge in [-0.25, -0.2) is 0 Å². The average molecular weight is 498 g/mol. The second-order valence-electron chi connectivity index (χ2n) is 6.84. The van der Waals surface area contributed by atoms with Crippen molar-refractivity contribution in [2.24, 2.45) is 10.7 Å². The molecule has 3 heterocycles. The summed E-state index contributed by atoms with van der Waals surface area (Å²) < 4.78 is 17.0. The Kier molecular flexibility index (Phi) is 7.43. The van der Waals surface area contributed by atoms with Gasteiger partial charge in [-0.3, -0.25) is 9.89 Å². The van der Waals surface area contributed by atoms with Crippen molar-refractivity contribution in [3.05, 3.63) is 42.4 Å². The van der Waals surface area contributed by atoms with Crippen LogP contribution in [-0.4, -0.2) is 43.7 Å². The summed E-state index contributed by atoms with van der Waals surface area (Å²) in [4.78, 5) is 6.97. The van der Waals surface area contributed by atoms with E-state index in [9.17, 15) is 0 Å². The van der Waals surface area contributed by atoms with Gasteiger partial charge in [0.05, 0.1) is 32.1 Å². The maximum Gasteiger partial charge on any atom is 0.193 e. The van der Waals surface area contributed by atoms with Gasteiger partial charge in [-0.1, -0.05) is 0 Å². The number of nitrogens with two attached hydrogens (primary N) is 1. The smallest absolute Gasteiger partial charge is 0.193 e. The number of fused-ring (bicyclic) bond motifs is 1. The highest BCUT2D eigenvalue weighted by Crippen LogP contribution is 2.32. The molecule has 1 fully saturated rings. The van der Waals surface area contributed by atoms with Crippen LogP contribution in [0.2, 0.25) is 0 Å². The highest BCUT2D eigenvalue weighted by Gasteiger charge is 2.25. The predicted molar refractivity (Wildman–Crippen MR) is 120 cm³/mol. The molecule has 0 radical (unpaired) electrons. The second kappa shape index (κ2) is 10.0. The van der Waals surface area contributed by atoms with Gasteiger partial charge in [-0.15, -0.1) is 24.0 Å². The minimum atomic E-state index is 0. The van der Waals surface area contributed by atoms with Crippen molar-refractivity contribution in [3.8, 4) is 11.5 Å². The van der Waals surface area contributed by atoms with Crippen molar-refractivity contribution >= 4 is 35.6 Å². The number of nitrogens with zero attached hydrogens (tertiary/aromatic N) is 2. The fourth-order valence-corrected chi connectivity index (χ4v) is 3.53. The molecule has 0 aliphatic carbocycles. The standard InChI is InChI=1S/C20H26N4O3.HI/c21-20(23-15-6-7-18-19(13-15)27-12-4-11-26-18)22-14-16(17-5-3-10-25-17)24-8-1-2-9-24;/h3,5-7,10,13,16H,1-2,4,8-9,11-12,14H2,(H3,21,22,23);1H. The Bertz CT molecular complexity index is 776. The maximum atomic E-state index is 6.13. The third-order valence-electron chi connectivity index (χ3n) is 4.91. The van der Waals surface area contributed by atoms with E-state index in [2.05, 4.69) is 15.2 Å². The van der Waals surface area contributed by atoms with E-state index in [1.807, 2.05) is 30.3 Å². The normalized spacial score (nSPS) is 18.2. The number of ether oxygens (including phenoxy) is 2. The first-order chi connectivity index (χ1) is 13.3. The third-order valence-corrected chi connectivity index (χ3v) is 4.91. The summed E-state index contributed by atoms with van der Waals surface area (Å²) >= 11 is 0. The molecule has 1 saturated heterocycles. The van der Waals surface area contributed by atoms with Gasteiger partial charge in [0.1, 0.15) is 5.76 Å². The van der Waals surface area contributed by atoms with Gasteiger partial charge in [0.25, 0.3) is 0 Å². The van der Waals surface area contributed by atoms with Gasteiger partial charge in [0, 0.05) is 18.2 Å². The number of nitrogens with one attached hydrogen (secondary N) is 1. The fraction of sp³-hybridized carbons (Fsp3) is 0.450. The molecule has 152 valence electrons. The minimum Gasteiger partial charge on any atom is -0.490 e. The van der Waals surface area contributed by atoms with Crippen molar-refractivity contribution in [1.29, 1.82) is 0 Å². The molecule has 1 unspecified atom stereocenters. The average Bonchev–Trinajstić information content (AvgIpc) is 3.34. The molecular formula is C20H27IN4O3. The van der Waals surface area contributed by atoms with E-state index in [4.69, 9.17) is 19.6 Å². The van der Waals surface area contributed by atoms with E-state index < -0.39 is 0 Å². The van der Waals surface area contributed by atoms with Crippen LogP contribution in [-0.2, 0) is 0 Å². The lowest BCUT2D eigenvalue weighted by atomic mass is 10.2. The van der Waals surface area contributed by atoms with Crippen LogP contribution in [0.5, 0.6) is 11.5 Å². The number of aliphatic imine (C=N–C) groups is 1. The van der Waals surface area contributed by atoms with Gasteiger partial charge < -0.3 is 24.9 Å². The first-order valence-corrected chi connectivity index (χ1v) is 9.53. The number of likely N-dealkylation sites (tertiary alicyclic amines) is 1. The summed E-state index contributed by atoms with van der Waals surface area (Å²) in [6.45, 7) is 4.01. The van der Waals surface area contributed by atoms with Crippen LogP contribution in [0.15, 0.2) is 46.0 Å². The molecule has 7 nitrogen and oxygen atoms in total. The Balaban J connectivity index is 0.00000225. The molecule has 1 atom stereocenters. The van der Waals surface area contributed by atoms with Gasteiger partial charge in [0.2, 0.25) is 0 Å². The molecule has 0 saturated carbocycles. The Morgan fingerprint density at radius 3 is 2.64 bits per heavy atom. The summed E-state index contributed by atoms with van der Waals surface area (Å²) in [7, 11) is 0. The van der Waals surface area contributed by atoms with Gasteiger partial charge in [-0.2, -0.15) is 0 Å². The molecule has 4 rings (SSSR count). The Morgan fingerprint density at radius 2 is 1.89 bits per heavy atom. The Labute approximate surface area is 182 Å². The van der Waals surface area contributed by atoms with E-state index >= 15 is 0 Å². The summed E-state index contributed by atoms with van der Waals surface area (Å²) in [5, 5.41) is 3.15. The molecular weight excluding hydrogens is 471 g/mol. The van der Waals surface area contributed by atoms with Crippen molar-refractivity contribution in [2.75, 3.05) is 38.2 Å². The largest absolute Gasteiger partial charge is 0.490 e. The molecule has 0 bridgehead atoms. The lowest BCUT2D eigenvalue weighted by Crippen LogP contribution is -2.30. The van der Waals surface area contributed by atoms with Crippen LogP contribution >= 0.6 is 24.0 Å². The number of hydrogen-bond acceptors (Lipinski definition) is 5. The monoisotopic (exact) mass is 498 g/mol. The molecule has 28 heavy (non-hydrogen) atoms. The molecule has 1 aromatic carbocycles. The van der Waals surface area contributed by atoms with E-state index in [-0.39, 0.29) is 30.0 Å². The molecule has 1 aromatic heterocycles. The zero-order chi connectivity index (χ0) is 18.5. The van der Waals surface area contributed by atoms with Crippen LogP contribution in [0.4, 0.5) is 5.69 Å². The molecule has 8 heteroatoms. The molecule has 3 N–H and O–H groups in total. The van der Waals surface area contributed by atoms with Crippen molar-refractivity contribution in [1.82, 2.24) is 4.90 Å². The third kappa shape index (κ3) is 5.11. The zero-order valence-corrected chi connectivity index (χ0v) is 18.1. The van der Waals surface area contributed by atoms with Crippen LogP contribution in [0.1, 0.15) is 31.1 Å². The Morgan fingerprint density at radius 1 is 1.11 bits per heavy atom. The SMILES string of the molecule is I.NC(=NCC(c1ccco1)N1CCCC1)Nc1ccc2c(c1)OCCCO2. The number of rotatable bonds is 5. The van der Waals surface area contributed by atoms with Crippen LogP contribution in [0.3, 0.4) is 0 Å². The molecule has 2 aliphatic heterocycles. The molecule has 2 aliphatic rings. The van der Waals surface area contributed by atoms with E-state index in [1.54, 1.807) is 6.26 Å². The number of guanidine groups is 1. The second-order valence-corrected chi connectivity index (χ2v) is 6.84. The summed E-state index contributed by atoms with van der Waals surface area (Å²) in [6, 6.07) is 9.75. The van der Waals surface area contributed by atoms with Crippen molar-refractivity contribution in [2.45, 2.75) is 25.3 Å². The Hall–Kier alpha value is -1.94. The van der Waals surface area contributed by atoms with Crippen LogP contribution in [0.25, 0.3) is 0 Å². The quantitative estimate of drug-likeness (QED) is 0.372. The minimum absolute atomic E-state index is 0. The van der Waals surface area contributed by atoms with E-state index in [0.29, 0.717) is 25.7 Å². The highest BCUT2D eigenvalue weighted by molar-refractivity contribution is 14.0. The predicted octanol–water partition coefficient (Wildman–Crippen LogP) is 3.62.